The van der Waals surface area contributed by atoms with Crippen molar-refractivity contribution in [3.63, 3.8) is 0 Å². The standard InChI is InChI=1S/C18H23N5/c1-2-9-21-10-5-6-15(14-21)22-12-8-19-18(22)16-13-20-17-7-3-4-11-23(16)17/h3-4,7-8,11-13,15H,2,5-6,9-10,14H2,1H3. The Kier molecular flexibility index (Phi) is 3.87. The van der Waals surface area contributed by atoms with Crippen LogP contribution >= 0.6 is 0 Å². The van der Waals surface area contributed by atoms with Gasteiger partial charge in [-0.25, -0.2) is 9.97 Å². The van der Waals surface area contributed by atoms with E-state index in [1.54, 1.807) is 0 Å². The zero-order valence-electron chi connectivity index (χ0n) is 13.6. The van der Waals surface area contributed by atoms with Crippen molar-refractivity contribution in [3.05, 3.63) is 43.0 Å². The smallest absolute Gasteiger partial charge is 0.158 e. The Morgan fingerprint density at radius 1 is 1.22 bits per heavy atom. The molecule has 4 heterocycles. The van der Waals surface area contributed by atoms with Gasteiger partial charge in [0.15, 0.2) is 5.82 Å². The highest BCUT2D eigenvalue weighted by Gasteiger charge is 2.23. The number of nitrogens with zero attached hydrogens (tertiary/aromatic N) is 5. The van der Waals surface area contributed by atoms with Crippen LogP contribution in [0.4, 0.5) is 0 Å². The van der Waals surface area contributed by atoms with E-state index in [0.717, 1.165) is 23.7 Å². The van der Waals surface area contributed by atoms with Gasteiger partial charge in [0.1, 0.15) is 11.3 Å². The number of rotatable bonds is 4. The van der Waals surface area contributed by atoms with E-state index in [0.29, 0.717) is 6.04 Å². The van der Waals surface area contributed by atoms with Gasteiger partial charge in [-0.1, -0.05) is 13.0 Å². The van der Waals surface area contributed by atoms with Crippen LogP contribution < -0.4 is 0 Å². The molecule has 1 saturated heterocycles. The average Bonchev–Trinajstić information content (AvgIpc) is 3.22. The van der Waals surface area contributed by atoms with E-state index < -0.39 is 0 Å². The highest BCUT2D eigenvalue weighted by atomic mass is 15.2. The first-order chi connectivity index (χ1) is 11.4. The summed E-state index contributed by atoms with van der Waals surface area (Å²) in [6.07, 6.45) is 11.7. The molecule has 1 unspecified atom stereocenters. The Morgan fingerprint density at radius 2 is 2.17 bits per heavy atom. The normalized spacial score (nSPS) is 19.4. The van der Waals surface area contributed by atoms with Crippen LogP contribution in [0.15, 0.2) is 43.0 Å². The maximum Gasteiger partial charge on any atom is 0.158 e. The summed E-state index contributed by atoms with van der Waals surface area (Å²) >= 11 is 0. The molecule has 0 radical (unpaired) electrons. The van der Waals surface area contributed by atoms with E-state index in [2.05, 4.69) is 43.2 Å². The zero-order chi connectivity index (χ0) is 15.6. The molecule has 3 aromatic heterocycles. The summed E-state index contributed by atoms with van der Waals surface area (Å²) in [4.78, 5) is 11.7. The third-order valence-electron chi connectivity index (χ3n) is 4.73. The summed E-state index contributed by atoms with van der Waals surface area (Å²) in [6, 6.07) is 6.58. The summed E-state index contributed by atoms with van der Waals surface area (Å²) in [6.45, 7) is 5.79. The van der Waals surface area contributed by atoms with Crippen molar-refractivity contribution < 1.29 is 0 Å². The Morgan fingerprint density at radius 3 is 3.09 bits per heavy atom. The number of aromatic nitrogens is 4. The van der Waals surface area contributed by atoms with Crippen molar-refractivity contribution >= 4 is 5.65 Å². The van der Waals surface area contributed by atoms with E-state index in [1.807, 2.05) is 30.6 Å². The molecule has 120 valence electrons. The van der Waals surface area contributed by atoms with Crippen molar-refractivity contribution in [1.82, 2.24) is 23.8 Å². The van der Waals surface area contributed by atoms with Gasteiger partial charge in [0, 0.05) is 31.2 Å². The first-order valence-corrected chi connectivity index (χ1v) is 8.54. The second-order valence-electron chi connectivity index (χ2n) is 6.33. The molecule has 0 spiro atoms. The van der Waals surface area contributed by atoms with Gasteiger partial charge in [0.2, 0.25) is 0 Å². The second kappa shape index (κ2) is 6.16. The van der Waals surface area contributed by atoms with Crippen LogP contribution in [0.5, 0.6) is 0 Å². The first-order valence-electron chi connectivity index (χ1n) is 8.54. The SMILES string of the molecule is CCCN1CCCC(n2ccnc2-c2cnc3ccccn23)C1. The Hall–Kier alpha value is -2.14. The predicted octanol–water partition coefficient (Wildman–Crippen LogP) is 3.24. The zero-order valence-corrected chi connectivity index (χ0v) is 13.6. The van der Waals surface area contributed by atoms with Gasteiger partial charge < -0.3 is 9.47 Å². The van der Waals surface area contributed by atoms with Crippen LogP contribution in [0.3, 0.4) is 0 Å². The molecule has 0 amide bonds. The highest BCUT2D eigenvalue weighted by Crippen LogP contribution is 2.27. The van der Waals surface area contributed by atoms with E-state index in [9.17, 15) is 0 Å². The van der Waals surface area contributed by atoms with Crippen LogP contribution in [0.25, 0.3) is 17.2 Å². The largest absolute Gasteiger partial charge is 0.325 e. The number of imidazole rings is 2. The van der Waals surface area contributed by atoms with Gasteiger partial charge in [-0.2, -0.15) is 0 Å². The van der Waals surface area contributed by atoms with Gasteiger partial charge in [-0.3, -0.25) is 4.40 Å². The minimum Gasteiger partial charge on any atom is -0.325 e. The monoisotopic (exact) mass is 309 g/mol. The number of piperidine rings is 1. The van der Waals surface area contributed by atoms with E-state index in [4.69, 9.17) is 0 Å². The molecule has 0 aromatic carbocycles. The van der Waals surface area contributed by atoms with Gasteiger partial charge >= 0.3 is 0 Å². The van der Waals surface area contributed by atoms with Gasteiger partial charge in [-0.15, -0.1) is 0 Å². The molecule has 4 rings (SSSR count). The lowest BCUT2D eigenvalue weighted by Crippen LogP contribution is -2.37. The number of likely N-dealkylation sites (tertiary alicyclic amines) is 1. The molecular formula is C18H23N5. The van der Waals surface area contributed by atoms with Crippen molar-refractivity contribution in [2.45, 2.75) is 32.2 Å². The van der Waals surface area contributed by atoms with Crippen LogP contribution in [-0.4, -0.2) is 43.5 Å². The fraction of sp³-hybridized carbons (Fsp3) is 0.444. The quantitative estimate of drug-likeness (QED) is 0.742. The lowest BCUT2D eigenvalue weighted by molar-refractivity contribution is 0.178. The molecule has 3 aromatic rings. The number of hydrogen-bond acceptors (Lipinski definition) is 3. The Balaban J connectivity index is 1.68. The molecule has 1 fully saturated rings. The van der Waals surface area contributed by atoms with Crippen molar-refractivity contribution in [1.29, 1.82) is 0 Å². The molecule has 0 aliphatic carbocycles. The molecule has 23 heavy (non-hydrogen) atoms. The van der Waals surface area contributed by atoms with Crippen molar-refractivity contribution in [2.24, 2.45) is 0 Å². The second-order valence-corrected chi connectivity index (χ2v) is 6.33. The topological polar surface area (TPSA) is 38.4 Å². The molecule has 0 bridgehead atoms. The Labute approximate surface area is 136 Å². The minimum atomic E-state index is 0.502. The molecule has 0 N–H and O–H groups in total. The molecule has 5 heteroatoms. The fourth-order valence-corrected chi connectivity index (χ4v) is 3.68. The predicted molar refractivity (Wildman–Crippen MR) is 91.4 cm³/mol. The Bertz CT molecular complexity index is 785. The summed E-state index contributed by atoms with van der Waals surface area (Å²) < 4.78 is 4.46. The maximum absolute atomic E-state index is 4.64. The van der Waals surface area contributed by atoms with Crippen molar-refractivity contribution in [2.75, 3.05) is 19.6 Å². The number of hydrogen-bond donors (Lipinski definition) is 0. The maximum atomic E-state index is 4.64. The van der Waals surface area contributed by atoms with E-state index >= 15 is 0 Å². The van der Waals surface area contributed by atoms with E-state index in [1.165, 1.54) is 32.4 Å². The highest BCUT2D eigenvalue weighted by molar-refractivity contribution is 5.57. The molecule has 1 atom stereocenters. The lowest BCUT2D eigenvalue weighted by atomic mass is 10.1. The lowest BCUT2D eigenvalue weighted by Gasteiger charge is -2.33. The van der Waals surface area contributed by atoms with Gasteiger partial charge in [0.05, 0.1) is 6.20 Å². The van der Waals surface area contributed by atoms with Crippen LogP contribution in [-0.2, 0) is 0 Å². The third kappa shape index (κ3) is 2.65. The van der Waals surface area contributed by atoms with Crippen molar-refractivity contribution in [3.8, 4) is 11.5 Å². The molecular weight excluding hydrogens is 286 g/mol. The van der Waals surface area contributed by atoms with Gasteiger partial charge in [0.25, 0.3) is 0 Å². The first kappa shape index (κ1) is 14.5. The third-order valence-corrected chi connectivity index (χ3v) is 4.73. The summed E-state index contributed by atoms with van der Waals surface area (Å²) in [7, 11) is 0. The fourth-order valence-electron chi connectivity index (χ4n) is 3.68. The summed E-state index contributed by atoms with van der Waals surface area (Å²) in [5, 5.41) is 0. The molecule has 1 aliphatic rings. The minimum absolute atomic E-state index is 0.502. The van der Waals surface area contributed by atoms with Crippen LogP contribution in [0.2, 0.25) is 0 Å². The molecule has 0 saturated carbocycles. The summed E-state index contributed by atoms with van der Waals surface area (Å²) in [5.74, 6) is 1.02. The number of pyridine rings is 1. The average molecular weight is 309 g/mol. The number of fused-ring (bicyclic) bond motifs is 1. The molecule has 5 nitrogen and oxygen atoms in total. The van der Waals surface area contributed by atoms with Crippen LogP contribution in [0.1, 0.15) is 32.2 Å². The van der Waals surface area contributed by atoms with E-state index in [-0.39, 0.29) is 0 Å². The molecule has 1 aliphatic heterocycles. The van der Waals surface area contributed by atoms with Gasteiger partial charge in [-0.05, 0) is 44.5 Å². The van der Waals surface area contributed by atoms with Crippen LogP contribution in [0, 0.1) is 0 Å². The summed E-state index contributed by atoms with van der Waals surface area (Å²) in [5.41, 5.74) is 2.03.